The van der Waals surface area contributed by atoms with Gasteiger partial charge in [-0.15, -0.1) is 0 Å². The van der Waals surface area contributed by atoms with Gasteiger partial charge in [-0.2, -0.15) is 0 Å². The van der Waals surface area contributed by atoms with Gasteiger partial charge in [-0.3, -0.25) is 9.59 Å². The minimum atomic E-state index is -0.298. The van der Waals surface area contributed by atoms with Crippen LogP contribution in [-0.4, -0.2) is 25.4 Å². The smallest absolute Gasteiger partial charge is 0.238 e. The highest BCUT2D eigenvalue weighted by Gasteiger charge is 2.24. The van der Waals surface area contributed by atoms with Crippen LogP contribution in [-0.2, 0) is 16.0 Å². The lowest BCUT2D eigenvalue weighted by Gasteiger charge is -2.19. The Bertz CT molecular complexity index is 671. The van der Waals surface area contributed by atoms with Gasteiger partial charge in [0, 0.05) is 12.7 Å². The molecule has 0 aliphatic heterocycles. The van der Waals surface area contributed by atoms with Crippen LogP contribution in [0.2, 0.25) is 0 Å². The number of rotatable bonds is 6. The minimum Gasteiger partial charge on any atom is -0.358 e. The molecule has 0 aromatic heterocycles. The molecule has 5 heteroatoms. The molecule has 0 aliphatic rings. The standard InChI is InChI=1S/C18H20N3O2/c1-20-18(23)15(11-13-7-3-2-4-8-13)14-9-5-6-10-16(14)21-17(22)12-19/h2-10H,11-12,19H2,1H3,(H,20,23)(H,21,22). The van der Waals surface area contributed by atoms with E-state index in [2.05, 4.69) is 10.6 Å². The molecule has 0 heterocycles. The summed E-state index contributed by atoms with van der Waals surface area (Å²) in [5.41, 5.74) is 7.65. The van der Waals surface area contributed by atoms with E-state index in [-0.39, 0.29) is 18.4 Å². The molecular formula is C18H20N3O2. The van der Waals surface area contributed by atoms with Gasteiger partial charge in [0.1, 0.15) is 0 Å². The van der Waals surface area contributed by atoms with Crippen molar-refractivity contribution in [2.45, 2.75) is 6.42 Å². The van der Waals surface area contributed by atoms with Crippen LogP contribution in [0.25, 0.3) is 0 Å². The van der Waals surface area contributed by atoms with Crippen molar-refractivity contribution in [1.29, 1.82) is 0 Å². The molecule has 0 bridgehead atoms. The zero-order valence-corrected chi connectivity index (χ0v) is 13.0. The topological polar surface area (TPSA) is 84.2 Å². The molecule has 4 N–H and O–H groups in total. The van der Waals surface area contributed by atoms with Gasteiger partial charge in [0.2, 0.25) is 11.8 Å². The third-order valence-corrected chi connectivity index (χ3v) is 3.44. The Morgan fingerprint density at radius 1 is 1.00 bits per heavy atom. The van der Waals surface area contributed by atoms with E-state index in [0.717, 1.165) is 5.56 Å². The van der Waals surface area contributed by atoms with Gasteiger partial charge in [0.15, 0.2) is 0 Å². The molecule has 0 saturated carbocycles. The summed E-state index contributed by atoms with van der Waals surface area (Å²) in [6.07, 6.45) is 0.468. The molecule has 0 unspecified atom stereocenters. The molecule has 0 aliphatic carbocycles. The molecule has 23 heavy (non-hydrogen) atoms. The number of nitrogens with two attached hydrogens (primary N) is 1. The van der Waals surface area contributed by atoms with E-state index in [1.807, 2.05) is 42.5 Å². The molecule has 2 rings (SSSR count). The van der Waals surface area contributed by atoms with Crippen LogP contribution in [0.3, 0.4) is 0 Å². The minimum absolute atomic E-state index is 0.109. The molecule has 2 aromatic carbocycles. The van der Waals surface area contributed by atoms with Crippen molar-refractivity contribution in [2.24, 2.45) is 5.73 Å². The van der Waals surface area contributed by atoms with E-state index in [1.54, 1.807) is 19.2 Å². The van der Waals surface area contributed by atoms with Gasteiger partial charge in [-0.05, 0) is 23.6 Å². The van der Waals surface area contributed by atoms with E-state index >= 15 is 0 Å². The molecule has 1 radical (unpaired) electrons. The number of hydrogen-bond donors (Lipinski definition) is 3. The van der Waals surface area contributed by atoms with E-state index in [1.165, 1.54) is 0 Å². The van der Waals surface area contributed by atoms with Gasteiger partial charge < -0.3 is 16.4 Å². The second-order valence-corrected chi connectivity index (χ2v) is 5.02. The molecule has 119 valence electrons. The third-order valence-electron chi connectivity index (χ3n) is 3.44. The monoisotopic (exact) mass is 310 g/mol. The number of likely N-dealkylation sites (N-methyl/N-ethyl adjacent to an activating group) is 1. The van der Waals surface area contributed by atoms with Crippen molar-refractivity contribution < 1.29 is 9.59 Å². The predicted octanol–water partition coefficient (Wildman–Crippen LogP) is 1.50. The average molecular weight is 310 g/mol. The van der Waals surface area contributed by atoms with Crippen LogP contribution in [0, 0.1) is 5.92 Å². The Kier molecular flexibility index (Phi) is 5.88. The van der Waals surface area contributed by atoms with Crippen LogP contribution in [0.15, 0.2) is 54.6 Å². The number of nitrogens with one attached hydrogen (secondary N) is 2. The first kappa shape index (κ1) is 16.7. The summed E-state index contributed by atoms with van der Waals surface area (Å²) in [5, 5.41) is 5.41. The SMILES string of the molecule is CNC(=O)[C](Cc1ccccc1)c1ccccc1NC(=O)CN. The number of para-hydroxylation sites is 1. The van der Waals surface area contributed by atoms with E-state index < -0.39 is 0 Å². The maximum Gasteiger partial charge on any atom is 0.238 e. The Hall–Kier alpha value is -2.66. The van der Waals surface area contributed by atoms with Crippen LogP contribution >= 0.6 is 0 Å². The summed E-state index contributed by atoms with van der Waals surface area (Å²) < 4.78 is 0. The highest BCUT2D eigenvalue weighted by molar-refractivity contribution is 5.99. The predicted molar refractivity (Wildman–Crippen MR) is 90.7 cm³/mol. The van der Waals surface area contributed by atoms with Gasteiger partial charge in [0.25, 0.3) is 0 Å². The first-order valence-electron chi connectivity index (χ1n) is 7.37. The summed E-state index contributed by atoms with van der Waals surface area (Å²) in [7, 11) is 1.59. The maximum absolute atomic E-state index is 12.3. The lowest BCUT2D eigenvalue weighted by Crippen LogP contribution is -2.29. The van der Waals surface area contributed by atoms with Crippen LogP contribution in [0.1, 0.15) is 11.1 Å². The van der Waals surface area contributed by atoms with Gasteiger partial charge in [-0.1, -0.05) is 48.5 Å². The number of anilines is 1. The Morgan fingerprint density at radius 3 is 2.30 bits per heavy atom. The lowest BCUT2D eigenvalue weighted by molar-refractivity contribution is -0.118. The molecule has 0 atom stereocenters. The van der Waals surface area contributed by atoms with Crippen molar-refractivity contribution in [1.82, 2.24) is 5.32 Å². The summed E-state index contributed by atoms with van der Waals surface area (Å²) in [6, 6.07) is 16.9. The van der Waals surface area contributed by atoms with E-state index in [4.69, 9.17) is 5.73 Å². The van der Waals surface area contributed by atoms with E-state index in [9.17, 15) is 9.59 Å². The molecule has 5 nitrogen and oxygen atoms in total. The Balaban J connectivity index is 2.36. The highest BCUT2D eigenvalue weighted by Crippen LogP contribution is 2.27. The molecular weight excluding hydrogens is 290 g/mol. The maximum atomic E-state index is 12.3. The summed E-state index contributed by atoms with van der Waals surface area (Å²) in [4.78, 5) is 23.9. The summed E-state index contributed by atoms with van der Waals surface area (Å²) in [6.45, 7) is -0.109. The fourth-order valence-electron chi connectivity index (χ4n) is 2.31. The second-order valence-electron chi connectivity index (χ2n) is 5.02. The van der Waals surface area contributed by atoms with Crippen LogP contribution < -0.4 is 16.4 Å². The van der Waals surface area contributed by atoms with Crippen molar-refractivity contribution in [2.75, 3.05) is 18.9 Å². The third kappa shape index (κ3) is 4.40. The average Bonchev–Trinajstić information content (AvgIpc) is 2.60. The number of benzene rings is 2. The van der Waals surface area contributed by atoms with Crippen LogP contribution in [0.4, 0.5) is 5.69 Å². The van der Waals surface area contributed by atoms with E-state index in [0.29, 0.717) is 23.6 Å². The second kappa shape index (κ2) is 8.10. The Labute approximate surface area is 135 Å². The molecule has 0 saturated heterocycles. The molecule has 2 amide bonds. The molecule has 2 aromatic rings. The zero-order chi connectivity index (χ0) is 16.7. The van der Waals surface area contributed by atoms with Gasteiger partial charge in [-0.25, -0.2) is 0 Å². The zero-order valence-electron chi connectivity index (χ0n) is 13.0. The lowest BCUT2D eigenvalue weighted by atomic mass is 9.90. The normalized spacial score (nSPS) is 10.4. The van der Waals surface area contributed by atoms with Crippen molar-refractivity contribution in [3.8, 4) is 0 Å². The Morgan fingerprint density at radius 2 is 1.65 bits per heavy atom. The van der Waals surface area contributed by atoms with Gasteiger partial charge in [0.05, 0.1) is 12.5 Å². The van der Waals surface area contributed by atoms with Gasteiger partial charge >= 0.3 is 0 Å². The quantitative estimate of drug-likeness (QED) is 0.756. The van der Waals surface area contributed by atoms with Crippen molar-refractivity contribution in [3.05, 3.63) is 71.6 Å². The first-order chi connectivity index (χ1) is 11.2. The fraction of sp³-hybridized carbons (Fsp3) is 0.167. The fourth-order valence-corrected chi connectivity index (χ4v) is 2.31. The van der Waals surface area contributed by atoms with Crippen molar-refractivity contribution in [3.63, 3.8) is 0 Å². The highest BCUT2D eigenvalue weighted by atomic mass is 16.2. The number of amides is 2. The number of hydrogen-bond acceptors (Lipinski definition) is 3. The molecule has 0 spiro atoms. The number of carbonyl (C=O) groups excluding carboxylic acids is 2. The van der Waals surface area contributed by atoms with Crippen molar-refractivity contribution >= 4 is 17.5 Å². The largest absolute Gasteiger partial charge is 0.358 e. The number of carbonyl (C=O) groups is 2. The summed E-state index contributed by atoms with van der Waals surface area (Å²) >= 11 is 0. The van der Waals surface area contributed by atoms with Crippen LogP contribution in [0.5, 0.6) is 0 Å². The molecule has 0 fully saturated rings. The summed E-state index contributed by atoms with van der Waals surface area (Å²) in [5.74, 6) is 0.114. The first-order valence-corrected chi connectivity index (χ1v) is 7.37.